The molecule has 8 nitrogen and oxygen atoms in total. The van der Waals surface area contributed by atoms with E-state index in [2.05, 4.69) is 22.0 Å². The number of aromatic nitrogens is 1. The molecule has 2 aliphatic rings. The molecular formula is C26H25N3O5S. The van der Waals surface area contributed by atoms with Crippen LogP contribution < -0.4 is 14.4 Å². The van der Waals surface area contributed by atoms with E-state index in [1.807, 2.05) is 36.4 Å². The summed E-state index contributed by atoms with van der Waals surface area (Å²) < 4.78 is 16.6. The van der Waals surface area contributed by atoms with Crippen LogP contribution in [-0.4, -0.2) is 67.8 Å². The fraction of sp³-hybridized carbons (Fsp3) is 0.269. The van der Waals surface area contributed by atoms with E-state index in [1.165, 1.54) is 11.8 Å². The lowest BCUT2D eigenvalue weighted by Crippen LogP contribution is -2.49. The highest BCUT2D eigenvalue weighted by atomic mass is 32.2. The molecule has 0 N–H and O–H groups in total. The third kappa shape index (κ3) is 5.51. The van der Waals surface area contributed by atoms with Gasteiger partial charge in [0.1, 0.15) is 18.2 Å². The summed E-state index contributed by atoms with van der Waals surface area (Å²) in [7, 11) is 0. The molecule has 9 heteroatoms. The van der Waals surface area contributed by atoms with E-state index in [0.717, 1.165) is 23.7 Å². The number of para-hydroxylation sites is 1. The molecule has 35 heavy (non-hydrogen) atoms. The first kappa shape index (κ1) is 23.0. The molecule has 2 aromatic carbocycles. The Bertz CT molecular complexity index is 1200. The van der Waals surface area contributed by atoms with Gasteiger partial charge in [0.05, 0.1) is 5.56 Å². The molecule has 0 bridgehead atoms. The molecule has 2 aliphatic heterocycles. The van der Waals surface area contributed by atoms with Crippen LogP contribution in [0.4, 0.5) is 5.69 Å². The number of pyridine rings is 1. The highest BCUT2D eigenvalue weighted by Crippen LogP contribution is 2.37. The summed E-state index contributed by atoms with van der Waals surface area (Å²) in [6, 6.07) is 19.0. The third-order valence-corrected chi connectivity index (χ3v) is 6.81. The summed E-state index contributed by atoms with van der Waals surface area (Å²) in [5.41, 5.74) is 1.46. The van der Waals surface area contributed by atoms with Gasteiger partial charge in [-0.2, -0.15) is 0 Å². The van der Waals surface area contributed by atoms with E-state index in [4.69, 9.17) is 14.2 Å². The molecule has 1 fully saturated rings. The minimum absolute atomic E-state index is 0.198. The van der Waals surface area contributed by atoms with Crippen molar-refractivity contribution in [3.05, 3.63) is 72.4 Å². The molecule has 1 saturated heterocycles. The monoisotopic (exact) mass is 491 g/mol. The Hall–Kier alpha value is -3.72. The highest BCUT2D eigenvalue weighted by molar-refractivity contribution is 7.99. The molecule has 3 heterocycles. The highest BCUT2D eigenvalue weighted by Gasteiger charge is 2.23. The quantitative estimate of drug-likeness (QED) is 0.485. The first-order valence-electron chi connectivity index (χ1n) is 11.4. The number of carbonyl (C=O) groups excluding carboxylic acids is 2. The average Bonchev–Trinajstić information content (AvgIpc) is 2.92. The molecule has 0 spiro atoms. The summed E-state index contributed by atoms with van der Waals surface area (Å²) in [6.07, 6.45) is 1.62. The average molecular weight is 492 g/mol. The Morgan fingerprint density at radius 1 is 0.914 bits per heavy atom. The maximum absolute atomic E-state index is 12.8. The SMILES string of the molecule is O=C(OCC(=O)N1CCN(c2ccccc2)CC1)c1cccnc1Sc1ccc2c(c1)OCCO2. The van der Waals surface area contributed by atoms with E-state index < -0.39 is 5.97 Å². The van der Waals surface area contributed by atoms with E-state index in [-0.39, 0.29) is 12.5 Å². The molecule has 5 rings (SSSR count). The predicted molar refractivity (Wildman–Crippen MR) is 131 cm³/mol. The van der Waals surface area contributed by atoms with Crippen LogP contribution >= 0.6 is 11.8 Å². The summed E-state index contributed by atoms with van der Waals surface area (Å²) in [4.78, 5) is 34.7. The lowest BCUT2D eigenvalue weighted by Gasteiger charge is -2.36. The molecule has 0 radical (unpaired) electrons. The fourth-order valence-electron chi connectivity index (χ4n) is 3.98. The van der Waals surface area contributed by atoms with E-state index in [1.54, 1.807) is 23.2 Å². The van der Waals surface area contributed by atoms with Gasteiger partial charge in [0.25, 0.3) is 5.91 Å². The van der Waals surface area contributed by atoms with Gasteiger partial charge < -0.3 is 24.0 Å². The van der Waals surface area contributed by atoms with Gasteiger partial charge in [0.2, 0.25) is 0 Å². The molecule has 0 saturated carbocycles. The Kier molecular flexibility index (Phi) is 7.04. The second-order valence-corrected chi connectivity index (χ2v) is 9.11. The zero-order valence-corrected chi connectivity index (χ0v) is 19.9. The number of carbonyl (C=O) groups is 2. The molecule has 0 atom stereocenters. The maximum Gasteiger partial charge on any atom is 0.341 e. The van der Waals surface area contributed by atoms with Gasteiger partial charge in [-0.05, 0) is 42.5 Å². The second kappa shape index (κ2) is 10.7. The van der Waals surface area contributed by atoms with Gasteiger partial charge in [0.15, 0.2) is 18.1 Å². The normalized spacial score (nSPS) is 15.0. The zero-order chi connectivity index (χ0) is 24.0. The van der Waals surface area contributed by atoms with Crippen molar-refractivity contribution >= 4 is 29.3 Å². The number of rotatable bonds is 6. The topological polar surface area (TPSA) is 81.2 Å². The van der Waals surface area contributed by atoms with Crippen molar-refractivity contribution in [3.63, 3.8) is 0 Å². The van der Waals surface area contributed by atoms with Gasteiger partial charge in [-0.25, -0.2) is 9.78 Å². The molecule has 180 valence electrons. The molecule has 1 amide bonds. The molecule has 0 aliphatic carbocycles. The number of piperazine rings is 1. The lowest BCUT2D eigenvalue weighted by atomic mass is 10.2. The number of anilines is 1. The minimum atomic E-state index is -0.575. The van der Waals surface area contributed by atoms with Crippen LogP contribution in [0, 0.1) is 0 Å². The van der Waals surface area contributed by atoms with Crippen LogP contribution in [-0.2, 0) is 9.53 Å². The standard InChI is InChI=1S/C26H25N3O5S/c30-24(29-13-11-28(12-14-29)19-5-2-1-3-6-19)18-34-26(31)21-7-4-10-27-25(21)35-20-8-9-22-23(17-20)33-16-15-32-22/h1-10,17H,11-16,18H2. The second-order valence-electron chi connectivity index (χ2n) is 8.04. The summed E-state index contributed by atoms with van der Waals surface area (Å²) in [5, 5.41) is 0.498. The number of benzene rings is 2. The number of amides is 1. The van der Waals surface area contributed by atoms with Crippen LogP contribution in [0.25, 0.3) is 0 Å². The van der Waals surface area contributed by atoms with Gasteiger partial charge in [-0.15, -0.1) is 0 Å². The van der Waals surface area contributed by atoms with Crippen LogP contribution in [0.1, 0.15) is 10.4 Å². The predicted octanol–water partition coefficient (Wildman–Crippen LogP) is 3.51. The first-order chi connectivity index (χ1) is 17.2. The van der Waals surface area contributed by atoms with Crippen LogP contribution in [0.15, 0.2) is 76.8 Å². The zero-order valence-electron chi connectivity index (χ0n) is 19.1. The Morgan fingerprint density at radius 2 is 1.69 bits per heavy atom. The Morgan fingerprint density at radius 3 is 2.49 bits per heavy atom. The summed E-state index contributed by atoms with van der Waals surface area (Å²) in [5.74, 6) is 0.592. The number of ether oxygens (including phenoxy) is 3. The third-order valence-electron chi connectivity index (χ3n) is 5.80. The van der Waals surface area contributed by atoms with Crippen LogP contribution in [0.3, 0.4) is 0 Å². The molecule has 1 aromatic heterocycles. The summed E-state index contributed by atoms with van der Waals surface area (Å²) in [6.45, 7) is 3.37. The van der Waals surface area contributed by atoms with E-state index in [9.17, 15) is 9.59 Å². The smallest absolute Gasteiger partial charge is 0.341 e. The molecule has 0 unspecified atom stereocenters. The van der Waals surface area contributed by atoms with Crippen molar-refractivity contribution in [2.75, 3.05) is 50.9 Å². The largest absolute Gasteiger partial charge is 0.486 e. The van der Waals surface area contributed by atoms with Gasteiger partial charge in [0, 0.05) is 43.0 Å². The van der Waals surface area contributed by atoms with Crippen molar-refractivity contribution in [3.8, 4) is 11.5 Å². The minimum Gasteiger partial charge on any atom is -0.486 e. The summed E-state index contributed by atoms with van der Waals surface area (Å²) >= 11 is 1.33. The van der Waals surface area contributed by atoms with Gasteiger partial charge in [-0.1, -0.05) is 30.0 Å². The number of hydrogen-bond acceptors (Lipinski definition) is 8. The van der Waals surface area contributed by atoms with E-state index >= 15 is 0 Å². The first-order valence-corrected chi connectivity index (χ1v) is 12.3. The van der Waals surface area contributed by atoms with Gasteiger partial charge in [-0.3, -0.25) is 4.79 Å². The van der Waals surface area contributed by atoms with Crippen molar-refractivity contribution in [1.29, 1.82) is 0 Å². The van der Waals surface area contributed by atoms with Gasteiger partial charge >= 0.3 is 5.97 Å². The number of esters is 1. The lowest BCUT2D eigenvalue weighted by molar-refractivity contribution is -0.134. The molecular weight excluding hydrogens is 466 g/mol. The molecule has 3 aromatic rings. The Labute approximate surface area is 207 Å². The maximum atomic E-state index is 12.8. The van der Waals surface area contributed by atoms with Crippen LogP contribution in [0.2, 0.25) is 0 Å². The van der Waals surface area contributed by atoms with Crippen molar-refractivity contribution < 1.29 is 23.8 Å². The van der Waals surface area contributed by atoms with Crippen molar-refractivity contribution in [2.45, 2.75) is 9.92 Å². The number of hydrogen-bond donors (Lipinski definition) is 0. The van der Waals surface area contributed by atoms with E-state index in [0.29, 0.717) is 48.4 Å². The van der Waals surface area contributed by atoms with Crippen LogP contribution in [0.5, 0.6) is 11.5 Å². The fourth-order valence-corrected chi connectivity index (χ4v) is 4.88. The van der Waals surface area contributed by atoms with Crippen molar-refractivity contribution in [2.24, 2.45) is 0 Å². The number of nitrogens with zero attached hydrogens (tertiary/aromatic N) is 3. The Balaban J connectivity index is 1.17. The number of fused-ring (bicyclic) bond motifs is 1. The van der Waals surface area contributed by atoms with Crippen molar-refractivity contribution in [1.82, 2.24) is 9.88 Å².